The van der Waals surface area contributed by atoms with Gasteiger partial charge in [0, 0.05) is 50.4 Å². The van der Waals surface area contributed by atoms with Gasteiger partial charge >= 0.3 is 0 Å². The minimum absolute atomic E-state index is 0.107. The molecule has 2 aromatic rings. The first kappa shape index (κ1) is 24.7. The number of hydrogen-bond donors (Lipinski definition) is 0. The minimum atomic E-state index is -3.66. The molecule has 1 saturated heterocycles. The van der Waals surface area contributed by atoms with E-state index >= 15 is 0 Å². The summed E-state index contributed by atoms with van der Waals surface area (Å²) >= 11 is 0. The fourth-order valence-electron chi connectivity index (χ4n) is 3.93. The highest BCUT2D eigenvalue weighted by atomic mass is 32.2. The molecule has 0 spiro atoms. The molecule has 0 aromatic heterocycles. The van der Waals surface area contributed by atoms with Crippen LogP contribution in [-0.4, -0.2) is 80.7 Å². The van der Waals surface area contributed by atoms with Crippen molar-refractivity contribution in [1.82, 2.24) is 14.1 Å². The second-order valence-corrected chi connectivity index (χ2v) is 9.82. The summed E-state index contributed by atoms with van der Waals surface area (Å²) in [7, 11) is -2.11. The average molecular weight is 474 g/mol. The van der Waals surface area contributed by atoms with Crippen molar-refractivity contribution in [1.29, 1.82) is 0 Å². The molecule has 1 aliphatic heterocycles. The highest BCUT2D eigenvalue weighted by Crippen LogP contribution is 2.22. The van der Waals surface area contributed by atoms with Crippen molar-refractivity contribution >= 4 is 21.8 Å². The van der Waals surface area contributed by atoms with Crippen molar-refractivity contribution in [2.45, 2.75) is 25.7 Å². The fraction of sp³-hybridized carbons (Fsp3) is 0.417. The zero-order valence-electron chi connectivity index (χ0n) is 19.6. The number of rotatable bonds is 7. The second kappa shape index (κ2) is 10.4. The van der Waals surface area contributed by atoms with Crippen LogP contribution in [0.3, 0.4) is 0 Å². The van der Waals surface area contributed by atoms with Crippen molar-refractivity contribution in [3.63, 3.8) is 0 Å². The zero-order chi connectivity index (χ0) is 24.2. The van der Waals surface area contributed by atoms with Crippen molar-refractivity contribution in [3.05, 3.63) is 59.2 Å². The monoisotopic (exact) mass is 473 g/mol. The third-order valence-electron chi connectivity index (χ3n) is 5.95. The van der Waals surface area contributed by atoms with E-state index in [9.17, 15) is 18.0 Å². The number of ether oxygens (including phenoxy) is 1. The quantitative estimate of drug-likeness (QED) is 0.617. The Bertz CT molecular complexity index is 1120. The van der Waals surface area contributed by atoms with Crippen molar-refractivity contribution in [3.8, 4) is 5.75 Å². The Balaban J connectivity index is 1.73. The first-order valence-electron chi connectivity index (χ1n) is 11.1. The van der Waals surface area contributed by atoms with Gasteiger partial charge in [0.15, 0.2) is 0 Å². The van der Waals surface area contributed by atoms with Gasteiger partial charge in [0.2, 0.25) is 10.0 Å². The summed E-state index contributed by atoms with van der Waals surface area (Å²) in [5, 5.41) is 0. The number of piperazine rings is 1. The minimum Gasteiger partial charge on any atom is -0.497 e. The number of methoxy groups -OCH3 is 1. The number of carbonyl (C=O) groups is 2. The number of nitrogens with zero attached hydrogens (tertiary/aromatic N) is 3. The Hall–Kier alpha value is -2.91. The maximum atomic E-state index is 13.2. The summed E-state index contributed by atoms with van der Waals surface area (Å²) in [5.41, 5.74) is 1.63. The molecule has 0 atom stereocenters. The molecule has 0 N–H and O–H groups in total. The van der Waals surface area contributed by atoms with Crippen LogP contribution in [-0.2, 0) is 10.0 Å². The molecular formula is C24H31N3O5S. The summed E-state index contributed by atoms with van der Waals surface area (Å²) < 4.78 is 32.4. The number of sulfonamides is 1. The van der Waals surface area contributed by atoms with Crippen LogP contribution in [0.5, 0.6) is 5.75 Å². The van der Waals surface area contributed by atoms with Crippen LogP contribution in [0.2, 0.25) is 0 Å². The fourth-order valence-corrected chi connectivity index (χ4v) is 5.41. The summed E-state index contributed by atoms with van der Waals surface area (Å²) in [6.07, 6.45) is 0. The number of amides is 2. The van der Waals surface area contributed by atoms with E-state index in [1.165, 1.54) is 10.4 Å². The van der Waals surface area contributed by atoms with Crippen molar-refractivity contribution in [2.75, 3.05) is 46.4 Å². The average Bonchev–Trinajstić information content (AvgIpc) is 2.84. The molecule has 3 rings (SSSR count). The molecule has 0 unspecified atom stereocenters. The molecule has 1 heterocycles. The molecule has 0 bridgehead atoms. The Morgan fingerprint density at radius 1 is 0.939 bits per heavy atom. The smallest absolute Gasteiger partial charge is 0.254 e. The maximum absolute atomic E-state index is 13.2. The lowest BCUT2D eigenvalue weighted by atomic mass is 10.1. The van der Waals surface area contributed by atoms with Gasteiger partial charge in [-0.25, -0.2) is 8.42 Å². The van der Waals surface area contributed by atoms with Gasteiger partial charge in [0.05, 0.1) is 12.0 Å². The van der Waals surface area contributed by atoms with Crippen LogP contribution in [0, 0.1) is 6.92 Å². The number of hydrogen-bond acceptors (Lipinski definition) is 5. The number of benzene rings is 2. The SMILES string of the molecule is CCN(CC)S(=O)(=O)c1ccc(C)c(C(=O)N2CCN(C(=O)c3cccc(OC)c3)CC2)c1. The van der Waals surface area contributed by atoms with E-state index in [4.69, 9.17) is 4.74 Å². The molecule has 0 saturated carbocycles. The topological polar surface area (TPSA) is 87.2 Å². The molecule has 0 radical (unpaired) electrons. The first-order valence-corrected chi connectivity index (χ1v) is 12.5. The molecule has 0 aliphatic carbocycles. The van der Waals surface area contributed by atoms with Crippen LogP contribution >= 0.6 is 0 Å². The molecule has 8 nitrogen and oxygen atoms in total. The lowest BCUT2D eigenvalue weighted by Gasteiger charge is -2.35. The molecule has 2 aromatic carbocycles. The largest absolute Gasteiger partial charge is 0.497 e. The first-order chi connectivity index (χ1) is 15.7. The van der Waals surface area contributed by atoms with E-state index in [1.54, 1.807) is 74.1 Å². The Labute approximate surface area is 195 Å². The molecule has 9 heteroatoms. The van der Waals surface area contributed by atoms with Crippen LogP contribution in [0.25, 0.3) is 0 Å². The van der Waals surface area contributed by atoms with Crippen LogP contribution in [0.1, 0.15) is 40.1 Å². The number of carbonyl (C=O) groups excluding carboxylic acids is 2. The van der Waals surface area contributed by atoms with Gasteiger partial charge < -0.3 is 14.5 Å². The molecule has 33 heavy (non-hydrogen) atoms. The molecule has 1 aliphatic rings. The van der Waals surface area contributed by atoms with Crippen LogP contribution in [0.15, 0.2) is 47.4 Å². The van der Waals surface area contributed by atoms with Crippen molar-refractivity contribution in [2.24, 2.45) is 0 Å². The van der Waals surface area contributed by atoms with Gasteiger partial charge in [-0.1, -0.05) is 26.0 Å². The van der Waals surface area contributed by atoms with E-state index in [0.717, 1.165) is 0 Å². The summed E-state index contributed by atoms with van der Waals surface area (Å²) in [6, 6.07) is 11.7. The molecule has 178 valence electrons. The third-order valence-corrected chi connectivity index (χ3v) is 8.00. The Morgan fingerprint density at radius 2 is 1.55 bits per heavy atom. The van der Waals surface area contributed by atoms with Crippen LogP contribution in [0.4, 0.5) is 0 Å². The van der Waals surface area contributed by atoms with Gasteiger partial charge in [-0.2, -0.15) is 4.31 Å². The lowest BCUT2D eigenvalue weighted by molar-refractivity contribution is 0.0534. The standard InChI is InChI=1S/C24H31N3O5S/c1-5-27(6-2)33(30,31)21-11-10-18(3)22(17-21)24(29)26-14-12-25(13-15-26)23(28)19-8-7-9-20(16-19)32-4/h7-11,16-17H,5-6,12-15H2,1-4H3. The van der Waals surface area contributed by atoms with Gasteiger partial charge in [-0.3, -0.25) is 9.59 Å². The third kappa shape index (κ3) is 5.20. The number of aryl methyl sites for hydroxylation is 1. The highest BCUT2D eigenvalue weighted by molar-refractivity contribution is 7.89. The van der Waals surface area contributed by atoms with Crippen LogP contribution < -0.4 is 4.74 Å². The van der Waals surface area contributed by atoms with Crippen molar-refractivity contribution < 1.29 is 22.7 Å². The predicted molar refractivity (Wildman–Crippen MR) is 126 cm³/mol. The highest BCUT2D eigenvalue weighted by Gasteiger charge is 2.28. The van der Waals surface area contributed by atoms with Gasteiger partial charge in [-0.15, -0.1) is 0 Å². The van der Waals surface area contributed by atoms with E-state index in [-0.39, 0.29) is 16.7 Å². The van der Waals surface area contributed by atoms with E-state index in [2.05, 4.69) is 0 Å². The maximum Gasteiger partial charge on any atom is 0.254 e. The molecule has 2 amide bonds. The Morgan fingerprint density at radius 3 is 2.12 bits per heavy atom. The van der Waals surface area contributed by atoms with Gasteiger partial charge in [0.1, 0.15) is 5.75 Å². The normalized spacial score (nSPS) is 14.5. The van der Waals surface area contributed by atoms with Gasteiger partial charge in [0.25, 0.3) is 11.8 Å². The zero-order valence-corrected chi connectivity index (χ0v) is 20.4. The molecule has 1 fully saturated rings. The summed E-state index contributed by atoms with van der Waals surface area (Å²) in [5.74, 6) is 0.284. The Kier molecular flexibility index (Phi) is 7.76. The van der Waals surface area contributed by atoms with E-state index < -0.39 is 10.0 Å². The summed E-state index contributed by atoms with van der Waals surface area (Å²) in [4.78, 5) is 29.6. The van der Waals surface area contributed by atoms with Gasteiger partial charge in [-0.05, 0) is 42.8 Å². The summed E-state index contributed by atoms with van der Waals surface area (Å²) in [6.45, 7) is 7.64. The van der Waals surface area contributed by atoms with E-state index in [0.29, 0.717) is 61.7 Å². The second-order valence-electron chi connectivity index (χ2n) is 7.88. The molecular weight excluding hydrogens is 442 g/mol. The predicted octanol–water partition coefficient (Wildman–Crippen LogP) is 2.63. The van der Waals surface area contributed by atoms with E-state index in [1.807, 2.05) is 0 Å². The lowest BCUT2D eigenvalue weighted by Crippen LogP contribution is -2.50.